The third-order valence-corrected chi connectivity index (χ3v) is 3.94. The van der Waals surface area contributed by atoms with E-state index in [0.717, 1.165) is 21.9 Å². The second-order valence-electron chi connectivity index (χ2n) is 3.99. The average molecular weight is 359 g/mol. The molecule has 0 N–H and O–H groups in total. The number of alkyl halides is 1. The molecule has 0 radical (unpaired) electrons. The molecule has 90 valence electrons. The summed E-state index contributed by atoms with van der Waals surface area (Å²) in [5.74, 6) is 0.430. The van der Waals surface area contributed by atoms with Gasteiger partial charge in [0.2, 0.25) is 0 Å². The molecule has 0 spiro atoms. The number of nitrogens with zero attached hydrogens (tertiary/aromatic N) is 3. The summed E-state index contributed by atoms with van der Waals surface area (Å²) in [6, 6.07) is 8.43. The second kappa shape index (κ2) is 5.78. The smallest absolute Gasteiger partial charge is 0.0833 e. The van der Waals surface area contributed by atoms with Crippen molar-refractivity contribution in [2.75, 3.05) is 5.33 Å². The van der Waals surface area contributed by atoms with Crippen LogP contribution in [0.1, 0.15) is 17.2 Å². The molecule has 0 fully saturated rings. The van der Waals surface area contributed by atoms with Crippen LogP contribution in [0, 0.1) is 0 Å². The molecule has 0 aliphatic carbocycles. The number of rotatable bonds is 4. The minimum absolute atomic E-state index is 0.430. The lowest BCUT2D eigenvalue weighted by Gasteiger charge is -2.12. The van der Waals surface area contributed by atoms with Gasteiger partial charge in [-0.3, -0.25) is 4.68 Å². The van der Waals surface area contributed by atoms with E-state index in [4.69, 9.17) is 0 Å². The van der Waals surface area contributed by atoms with Crippen molar-refractivity contribution >= 4 is 31.9 Å². The summed E-state index contributed by atoms with van der Waals surface area (Å²) in [4.78, 5) is 0. The Hall–Kier alpha value is -0.680. The lowest BCUT2D eigenvalue weighted by Crippen LogP contribution is -2.04. The minimum atomic E-state index is 0.430. The van der Waals surface area contributed by atoms with E-state index >= 15 is 0 Å². The lowest BCUT2D eigenvalue weighted by molar-refractivity contribution is 0.708. The van der Waals surface area contributed by atoms with Crippen LogP contribution in [0.4, 0.5) is 0 Å². The molecule has 1 unspecified atom stereocenters. The first-order valence-electron chi connectivity index (χ1n) is 5.35. The summed E-state index contributed by atoms with van der Waals surface area (Å²) in [5, 5.41) is 9.01. The molecule has 0 aliphatic heterocycles. The van der Waals surface area contributed by atoms with Gasteiger partial charge in [-0.15, -0.1) is 5.10 Å². The van der Waals surface area contributed by atoms with Gasteiger partial charge in [-0.05, 0) is 23.6 Å². The van der Waals surface area contributed by atoms with Crippen LogP contribution in [-0.2, 0) is 13.5 Å². The van der Waals surface area contributed by atoms with Crippen LogP contribution in [-0.4, -0.2) is 20.3 Å². The molecule has 1 atom stereocenters. The van der Waals surface area contributed by atoms with Gasteiger partial charge in [-0.1, -0.05) is 49.2 Å². The molecule has 0 aliphatic rings. The SMILES string of the molecule is Cn1cc(CC(CBr)c2ccc(Br)cc2)nn1. The topological polar surface area (TPSA) is 30.7 Å². The summed E-state index contributed by atoms with van der Waals surface area (Å²) in [7, 11) is 1.89. The highest BCUT2D eigenvalue weighted by molar-refractivity contribution is 9.10. The van der Waals surface area contributed by atoms with Crippen LogP contribution in [0.3, 0.4) is 0 Å². The summed E-state index contributed by atoms with van der Waals surface area (Å²) in [6.07, 6.45) is 2.87. The van der Waals surface area contributed by atoms with E-state index in [-0.39, 0.29) is 0 Å². The number of hydrogen-bond donors (Lipinski definition) is 0. The molecular formula is C12H13Br2N3. The highest BCUT2D eigenvalue weighted by Crippen LogP contribution is 2.23. The van der Waals surface area contributed by atoms with E-state index in [1.165, 1.54) is 5.56 Å². The maximum atomic E-state index is 4.13. The van der Waals surface area contributed by atoms with Crippen LogP contribution in [0.2, 0.25) is 0 Å². The van der Waals surface area contributed by atoms with Gasteiger partial charge < -0.3 is 0 Å². The zero-order valence-corrected chi connectivity index (χ0v) is 12.6. The summed E-state index contributed by atoms with van der Waals surface area (Å²) >= 11 is 7.02. The zero-order valence-electron chi connectivity index (χ0n) is 9.48. The monoisotopic (exact) mass is 357 g/mol. The van der Waals surface area contributed by atoms with E-state index in [9.17, 15) is 0 Å². The highest BCUT2D eigenvalue weighted by Gasteiger charge is 2.12. The molecule has 2 rings (SSSR count). The Kier molecular flexibility index (Phi) is 4.34. The fourth-order valence-electron chi connectivity index (χ4n) is 1.74. The largest absolute Gasteiger partial charge is 0.255 e. The molecule has 1 heterocycles. The molecule has 1 aromatic heterocycles. The first-order valence-corrected chi connectivity index (χ1v) is 7.27. The third-order valence-electron chi connectivity index (χ3n) is 2.63. The van der Waals surface area contributed by atoms with E-state index in [2.05, 4.69) is 66.4 Å². The molecule has 0 saturated heterocycles. The van der Waals surface area contributed by atoms with Gasteiger partial charge in [0.1, 0.15) is 0 Å². The first-order chi connectivity index (χ1) is 8.19. The molecule has 0 saturated carbocycles. The predicted octanol–water partition coefficient (Wildman–Crippen LogP) is 3.30. The third kappa shape index (κ3) is 3.39. The fourth-order valence-corrected chi connectivity index (χ4v) is 2.60. The van der Waals surface area contributed by atoms with E-state index in [1.54, 1.807) is 4.68 Å². The van der Waals surface area contributed by atoms with Crippen molar-refractivity contribution in [1.82, 2.24) is 15.0 Å². The van der Waals surface area contributed by atoms with Gasteiger partial charge in [0, 0.05) is 29.5 Å². The minimum Gasteiger partial charge on any atom is -0.255 e. The van der Waals surface area contributed by atoms with E-state index in [0.29, 0.717) is 5.92 Å². The van der Waals surface area contributed by atoms with Gasteiger partial charge in [0.15, 0.2) is 0 Å². The van der Waals surface area contributed by atoms with E-state index in [1.807, 2.05) is 13.2 Å². The highest BCUT2D eigenvalue weighted by atomic mass is 79.9. The standard InChI is InChI=1S/C12H13Br2N3/c1-17-8-12(15-16-17)6-10(7-13)9-2-4-11(14)5-3-9/h2-5,8,10H,6-7H2,1H3. The van der Waals surface area contributed by atoms with Gasteiger partial charge in [0.25, 0.3) is 0 Å². The molecule has 3 nitrogen and oxygen atoms in total. The Balaban J connectivity index is 2.13. The number of hydrogen-bond acceptors (Lipinski definition) is 2. The lowest BCUT2D eigenvalue weighted by atomic mass is 9.97. The molecular weight excluding hydrogens is 346 g/mol. The van der Waals surface area contributed by atoms with Crippen molar-refractivity contribution in [2.45, 2.75) is 12.3 Å². The number of halogens is 2. The summed E-state index contributed by atoms with van der Waals surface area (Å²) < 4.78 is 2.84. The maximum Gasteiger partial charge on any atom is 0.0833 e. The van der Waals surface area contributed by atoms with Crippen molar-refractivity contribution in [2.24, 2.45) is 7.05 Å². The number of aryl methyl sites for hydroxylation is 1. The molecule has 1 aromatic carbocycles. The second-order valence-corrected chi connectivity index (χ2v) is 5.55. The van der Waals surface area contributed by atoms with Crippen LogP contribution in [0.25, 0.3) is 0 Å². The Morgan fingerprint density at radius 3 is 2.53 bits per heavy atom. The fraction of sp³-hybridized carbons (Fsp3) is 0.333. The normalized spacial score (nSPS) is 12.6. The van der Waals surface area contributed by atoms with Gasteiger partial charge in [0.05, 0.1) is 5.69 Å². The van der Waals surface area contributed by atoms with Crippen LogP contribution in [0.5, 0.6) is 0 Å². The van der Waals surface area contributed by atoms with Crippen molar-refractivity contribution < 1.29 is 0 Å². The van der Waals surface area contributed by atoms with Crippen LogP contribution in [0.15, 0.2) is 34.9 Å². The van der Waals surface area contributed by atoms with E-state index < -0.39 is 0 Å². The maximum absolute atomic E-state index is 4.13. The Labute approximate surface area is 117 Å². The Morgan fingerprint density at radius 2 is 2.00 bits per heavy atom. The van der Waals surface area contributed by atoms with Crippen LogP contribution < -0.4 is 0 Å². The zero-order chi connectivity index (χ0) is 12.3. The quantitative estimate of drug-likeness (QED) is 0.785. The molecule has 0 amide bonds. The number of benzene rings is 1. The van der Waals surface area contributed by atoms with Crippen molar-refractivity contribution in [1.29, 1.82) is 0 Å². The predicted molar refractivity (Wildman–Crippen MR) is 75.4 cm³/mol. The molecule has 2 aromatic rings. The Bertz CT molecular complexity index is 479. The van der Waals surface area contributed by atoms with Crippen molar-refractivity contribution in [3.8, 4) is 0 Å². The number of aromatic nitrogens is 3. The van der Waals surface area contributed by atoms with Crippen LogP contribution >= 0.6 is 31.9 Å². The van der Waals surface area contributed by atoms with Gasteiger partial charge in [-0.25, -0.2) is 0 Å². The molecule has 17 heavy (non-hydrogen) atoms. The summed E-state index contributed by atoms with van der Waals surface area (Å²) in [5.41, 5.74) is 2.34. The first kappa shape index (κ1) is 12.8. The van der Waals surface area contributed by atoms with Crippen molar-refractivity contribution in [3.05, 3.63) is 46.2 Å². The Morgan fingerprint density at radius 1 is 1.29 bits per heavy atom. The molecule has 5 heteroatoms. The molecule has 0 bridgehead atoms. The summed E-state index contributed by atoms with van der Waals surface area (Å²) in [6.45, 7) is 0. The van der Waals surface area contributed by atoms with Gasteiger partial charge >= 0.3 is 0 Å². The van der Waals surface area contributed by atoms with Gasteiger partial charge in [-0.2, -0.15) is 0 Å². The van der Waals surface area contributed by atoms with Crippen molar-refractivity contribution in [3.63, 3.8) is 0 Å². The average Bonchev–Trinajstić information content (AvgIpc) is 2.73.